The summed E-state index contributed by atoms with van der Waals surface area (Å²) in [5, 5.41) is 13.2. The van der Waals surface area contributed by atoms with E-state index in [9.17, 15) is 4.79 Å². The number of hydrogen-bond donors (Lipinski definition) is 3. The van der Waals surface area contributed by atoms with Crippen molar-refractivity contribution in [2.75, 3.05) is 18.4 Å². The Labute approximate surface area is 87.4 Å². The molecule has 0 spiro atoms. The molecule has 0 saturated heterocycles. The van der Waals surface area contributed by atoms with Gasteiger partial charge in [0, 0.05) is 0 Å². The molecule has 0 aromatic carbocycles. The molecule has 0 bridgehead atoms. The second-order valence-corrected chi connectivity index (χ2v) is 3.00. The van der Waals surface area contributed by atoms with E-state index in [4.69, 9.17) is 10.2 Å². The van der Waals surface area contributed by atoms with E-state index in [1.807, 2.05) is 0 Å². The summed E-state index contributed by atoms with van der Waals surface area (Å²) in [6.07, 6.45) is 1.04. The number of hydrogen-bond acceptors (Lipinski definition) is 6. The predicted octanol–water partition coefficient (Wildman–Crippen LogP) is -0.534. The summed E-state index contributed by atoms with van der Waals surface area (Å²) in [5.41, 5.74) is 4.94. The normalized spacial score (nSPS) is 10.2. The molecule has 7 nitrogen and oxygen atoms in total. The molecule has 0 aliphatic heterocycles. The van der Waals surface area contributed by atoms with Crippen LogP contribution >= 0.6 is 0 Å². The summed E-state index contributed by atoms with van der Waals surface area (Å²) in [7, 11) is 0. The van der Waals surface area contributed by atoms with Crippen LogP contribution in [-0.2, 0) is 11.3 Å². The lowest BCUT2D eigenvalue weighted by atomic mass is 10.5. The zero-order chi connectivity index (χ0) is 11.1. The van der Waals surface area contributed by atoms with Crippen molar-refractivity contribution in [2.45, 2.75) is 19.9 Å². The molecule has 0 aliphatic rings. The summed E-state index contributed by atoms with van der Waals surface area (Å²) >= 11 is 0. The molecule has 1 heterocycles. The summed E-state index contributed by atoms with van der Waals surface area (Å²) in [6.45, 7) is 3.48. The number of carbonyl (C=O) groups is 1. The number of nitrogens with zero attached hydrogens (tertiary/aromatic N) is 2. The van der Waals surface area contributed by atoms with Crippen LogP contribution < -0.4 is 16.4 Å². The predicted molar refractivity (Wildman–Crippen MR) is 54.0 cm³/mol. The van der Waals surface area contributed by atoms with Gasteiger partial charge in [-0.2, -0.15) is 0 Å². The quantitative estimate of drug-likeness (QED) is 0.525. The van der Waals surface area contributed by atoms with Gasteiger partial charge in [0.15, 0.2) is 0 Å². The fourth-order valence-corrected chi connectivity index (χ4v) is 0.931. The van der Waals surface area contributed by atoms with Gasteiger partial charge in [0.05, 0.1) is 13.1 Å². The molecule has 7 heteroatoms. The highest BCUT2D eigenvalue weighted by Gasteiger charge is 2.05. The van der Waals surface area contributed by atoms with Crippen LogP contribution in [0, 0.1) is 0 Å². The first-order chi connectivity index (χ1) is 7.22. The summed E-state index contributed by atoms with van der Waals surface area (Å²) in [4.78, 5) is 10.4. The second kappa shape index (κ2) is 5.97. The van der Waals surface area contributed by atoms with Crippen LogP contribution in [0.3, 0.4) is 0 Å². The summed E-state index contributed by atoms with van der Waals surface area (Å²) < 4.78 is 5.18. The van der Waals surface area contributed by atoms with Gasteiger partial charge >= 0.3 is 6.01 Å². The molecule has 1 amide bonds. The van der Waals surface area contributed by atoms with E-state index in [0.717, 1.165) is 13.0 Å². The minimum absolute atomic E-state index is 0.00990. The minimum Gasteiger partial charge on any atom is -0.407 e. The van der Waals surface area contributed by atoms with Gasteiger partial charge in [0.2, 0.25) is 11.8 Å². The third kappa shape index (κ3) is 4.41. The number of rotatable bonds is 7. The number of nitrogens with one attached hydrogen (secondary N) is 2. The lowest BCUT2D eigenvalue weighted by Gasteiger charge is -1.97. The number of amides is 1. The van der Waals surface area contributed by atoms with Crippen molar-refractivity contribution in [3.05, 3.63) is 5.89 Å². The first-order valence-electron chi connectivity index (χ1n) is 4.77. The lowest BCUT2D eigenvalue weighted by molar-refractivity contribution is -0.116. The average molecular weight is 213 g/mol. The van der Waals surface area contributed by atoms with Crippen molar-refractivity contribution < 1.29 is 9.21 Å². The molecule has 0 saturated carbocycles. The molecule has 0 radical (unpaired) electrons. The van der Waals surface area contributed by atoms with E-state index in [-0.39, 0.29) is 12.6 Å². The van der Waals surface area contributed by atoms with Crippen LogP contribution in [0.1, 0.15) is 19.2 Å². The highest BCUT2D eigenvalue weighted by atomic mass is 16.4. The van der Waals surface area contributed by atoms with Gasteiger partial charge in [-0.1, -0.05) is 12.0 Å². The highest BCUT2D eigenvalue weighted by molar-refractivity contribution is 5.78. The number of nitrogens with two attached hydrogens (primary N) is 1. The molecule has 84 valence electrons. The molecule has 15 heavy (non-hydrogen) atoms. The van der Waals surface area contributed by atoms with E-state index in [1.165, 1.54) is 0 Å². The van der Waals surface area contributed by atoms with Crippen LogP contribution in [0.2, 0.25) is 0 Å². The van der Waals surface area contributed by atoms with Gasteiger partial charge in [-0.05, 0) is 13.0 Å². The number of aromatic nitrogens is 2. The Kier molecular flexibility index (Phi) is 4.55. The second-order valence-electron chi connectivity index (χ2n) is 3.00. The van der Waals surface area contributed by atoms with Crippen molar-refractivity contribution in [3.8, 4) is 0 Å². The fraction of sp³-hybridized carbons (Fsp3) is 0.625. The third-order valence-electron chi connectivity index (χ3n) is 1.58. The molecule has 1 aromatic rings. The largest absolute Gasteiger partial charge is 0.407 e. The van der Waals surface area contributed by atoms with Crippen molar-refractivity contribution in [3.63, 3.8) is 0 Å². The molecule has 1 aromatic heterocycles. The van der Waals surface area contributed by atoms with Crippen LogP contribution in [0.5, 0.6) is 0 Å². The van der Waals surface area contributed by atoms with Crippen LogP contribution in [-0.4, -0.2) is 29.2 Å². The maximum atomic E-state index is 10.4. The molecule has 1 rings (SSSR count). The van der Waals surface area contributed by atoms with E-state index < -0.39 is 5.91 Å². The molecular weight excluding hydrogens is 198 g/mol. The van der Waals surface area contributed by atoms with Gasteiger partial charge in [-0.25, -0.2) is 0 Å². The average Bonchev–Trinajstić information content (AvgIpc) is 2.63. The van der Waals surface area contributed by atoms with Crippen LogP contribution in [0.15, 0.2) is 4.42 Å². The Bertz CT molecular complexity index is 312. The van der Waals surface area contributed by atoms with E-state index in [2.05, 4.69) is 27.8 Å². The number of primary amides is 1. The third-order valence-corrected chi connectivity index (χ3v) is 1.58. The number of anilines is 1. The molecule has 0 unspecified atom stereocenters. The molecular formula is C8H15N5O2. The zero-order valence-corrected chi connectivity index (χ0v) is 8.62. The van der Waals surface area contributed by atoms with Gasteiger partial charge in [-0.15, -0.1) is 5.10 Å². The summed E-state index contributed by atoms with van der Waals surface area (Å²) in [5.74, 6) is 0.00859. The highest BCUT2D eigenvalue weighted by Crippen LogP contribution is 2.03. The van der Waals surface area contributed by atoms with Crippen molar-refractivity contribution in [2.24, 2.45) is 5.73 Å². The summed E-state index contributed by atoms with van der Waals surface area (Å²) in [6, 6.07) is 0.210. The topological polar surface area (TPSA) is 106 Å². The van der Waals surface area contributed by atoms with E-state index in [0.29, 0.717) is 12.4 Å². The van der Waals surface area contributed by atoms with Crippen LogP contribution in [0.4, 0.5) is 6.01 Å². The standard InChI is InChI=1S/C8H15N5O2/c1-2-3-10-5-7-12-13-8(15-7)11-4-6(9)14/h10H,2-5H2,1H3,(H2,9,14)(H,11,13). The first-order valence-corrected chi connectivity index (χ1v) is 4.77. The fourth-order valence-electron chi connectivity index (χ4n) is 0.931. The van der Waals surface area contributed by atoms with Gasteiger partial charge in [0.25, 0.3) is 0 Å². The maximum absolute atomic E-state index is 10.4. The molecule has 0 atom stereocenters. The Morgan fingerprint density at radius 1 is 1.53 bits per heavy atom. The van der Waals surface area contributed by atoms with Gasteiger partial charge in [-0.3, -0.25) is 4.79 Å². The van der Waals surface area contributed by atoms with Gasteiger partial charge in [0.1, 0.15) is 0 Å². The Morgan fingerprint density at radius 3 is 3.00 bits per heavy atom. The Balaban J connectivity index is 2.32. The molecule has 0 aliphatic carbocycles. The number of carbonyl (C=O) groups excluding carboxylic acids is 1. The smallest absolute Gasteiger partial charge is 0.315 e. The monoisotopic (exact) mass is 213 g/mol. The maximum Gasteiger partial charge on any atom is 0.315 e. The SMILES string of the molecule is CCCNCc1nnc(NCC(N)=O)o1. The molecule has 0 fully saturated rings. The zero-order valence-electron chi connectivity index (χ0n) is 8.62. The van der Waals surface area contributed by atoms with Crippen molar-refractivity contribution in [1.82, 2.24) is 15.5 Å². The molecule has 4 N–H and O–H groups in total. The lowest BCUT2D eigenvalue weighted by Crippen LogP contribution is -2.21. The minimum atomic E-state index is -0.473. The van der Waals surface area contributed by atoms with Crippen LogP contribution in [0.25, 0.3) is 0 Å². The first kappa shape index (κ1) is 11.4. The Hall–Kier alpha value is -1.63. The van der Waals surface area contributed by atoms with E-state index >= 15 is 0 Å². The van der Waals surface area contributed by atoms with E-state index in [1.54, 1.807) is 0 Å². The Morgan fingerprint density at radius 2 is 2.33 bits per heavy atom. The van der Waals surface area contributed by atoms with Crippen molar-refractivity contribution >= 4 is 11.9 Å². The van der Waals surface area contributed by atoms with Gasteiger partial charge < -0.3 is 20.8 Å². The van der Waals surface area contributed by atoms with Crippen molar-refractivity contribution in [1.29, 1.82) is 0 Å².